The van der Waals surface area contributed by atoms with Gasteiger partial charge in [-0.1, -0.05) is 13.3 Å². The summed E-state index contributed by atoms with van der Waals surface area (Å²) in [6.45, 7) is 7.30. The van der Waals surface area contributed by atoms with Crippen LogP contribution in [0, 0.1) is 5.82 Å². The summed E-state index contributed by atoms with van der Waals surface area (Å²) in [6.07, 6.45) is 5.07. The number of nitrogens with two attached hydrogens (primary N) is 1. The van der Waals surface area contributed by atoms with Crippen molar-refractivity contribution in [2.24, 2.45) is 0 Å². The first-order valence-corrected chi connectivity index (χ1v) is 11.9. The van der Waals surface area contributed by atoms with Crippen molar-refractivity contribution in [3.63, 3.8) is 0 Å². The number of nitrogens with one attached hydrogen (secondary N) is 1. The predicted molar refractivity (Wildman–Crippen MR) is 122 cm³/mol. The number of rotatable bonds is 6. The quantitative estimate of drug-likeness (QED) is 0.623. The molecular weight excluding hydrogens is 443 g/mol. The average Bonchev–Trinajstić information content (AvgIpc) is 3.35. The fourth-order valence-corrected chi connectivity index (χ4v) is 5.37. The standard InChI is InChI=1S/C22H31FN8O3/c1-2-3-5-28-6-4-17(29-7-8-30-15(11-29)13-34-22(30)33)16(12-28)26-21(32)18-19(24)27-31-10-14(23)9-25-20(18)31/h9-10,15-17H,2-8,11-13H2,1H3,(H2,24,27)(H,26,32). The number of likely N-dealkylation sites (tertiary alicyclic amines) is 1. The van der Waals surface area contributed by atoms with Crippen LogP contribution < -0.4 is 11.1 Å². The van der Waals surface area contributed by atoms with E-state index in [2.05, 4.69) is 32.1 Å². The number of nitrogens with zero attached hydrogens (tertiary/aromatic N) is 6. The van der Waals surface area contributed by atoms with E-state index >= 15 is 0 Å². The van der Waals surface area contributed by atoms with Crippen LogP contribution in [0.5, 0.6) is 0 Å². The Morgan fingerprint density at radius 2 is 2.18 bits per heavy atom. The van der Waals surface area contributed by atoms with E-state index in [1.807, 2.05) is 0 Å². The Bertz CT molecular complexity index is 1080. The predicted octanol–water partition coefficient (Wildman–Crippen LogP) is 0.560. The first-order valence-electron chi connectivity index (χ1n) is 11.9. The van der Waals surface area contributed by atoms with Crippen molar-refractivity contribution in [2.45, 2.75) is 44.3 Å². The summed E-state index contributed by atoms with van der Waals surface area (Å²) in [5.41, 5.74) is 6.40. The molecule has 3 atom stereocenters. The molecule has 0 radical (unpaired) electrons. The Balaban J connectivity index is 1.36. The molecule has 2 aromatic heterocycles. The molecule has 34 heavy (non-hydrogen) atoms. The lowest BCUT2D eigenvalue weighted by Crippen LogP contribution is -2.64. The highest BCUT2D eigenvalue weighted by Crippen LogP contribution is 2.25. The maximum Gasteiger partial charge on any atom is 0.410 e. The van der Waals surface area contributed by atoms with Gasteiger partial charge in [-0.05, 0) is 25.9 Å². The number of hydrogen-bond acceptors (Lipinski definition) is 8. The molecule has 0 bridgehead atoms. The summed E-state index contributed by atoms with van der Waals surface area (Å²) in [5.74, 6) is -0.910. The molecule has 0 saturated carbocycles. The molecule has 3 unspecified atom stereocenters. The topological polar surface area (TPSA) is 121 Å². The Morgan fingerprint density at radius 1 is 1.32 bits per heavy atom. The van der Waals surface area contributed by atoms with Crippen LogP contribution in [0.2, 0.25) is 0 Å². The van der Waals surface area contributed by atoms with Crippen LogP contribution in [0.1, 0.15) is 36.5 Å². The number of ether oxygens (including phenoxy) is 1. The van der Waals surface area contributed by atoms with E-state index in [0.717, 1.165) is 64.4 Å². The second-order valence-corrected chi connectivity index (χ2v) is 9.31. The Morgan fingerprint density at radius 3 is 3.00 bits per heavy atom. The number of nitrogen functional groups attached to an aromatic ring is 1. The Kier molecular flexibility index (Phi) is 6.26. The minimum absolute atomic E-state index is 0.0148. The second-order valence-electron chi connectivity index (χ2n) is 9.31. The maximum atomic E-state index is 13.6. The number of hydrogen-bond donors (Lipinski definition) is 2. The molecule has 0 spiro atoms. The van der Waals surface area contributed by atoms with Crippen LogP contribution in [-0.2, 0) is 4.74 Å². The number of anilines is 1. The van der Waals surface area contributed by atoms with Crippen LogP contribution in [0.3, 0.4) is 0 Å². The Hall–Kier alpha value is -2.99. The zero-order chi connectivity index (χ0) is 23.8. The number of cyclic esters (lactones) is 1. The lowest BCUT2D eigenvalue weighted by molar-refractivity contribution is 0.0321. The van der Waals surface area contributed by atoms with Gasteiger partial charge in [0.15, 0.2) is 17.3 Å². The molecule has 5 heterocycles. The van der Waals surface area contributed by atoms with E-state index in [1.165, 1.54) is 4.52 Å². The summed E-state index contributed by atoms with van der Waals surface area (Å²) in [4.78, 5) is 35.9. The third kappa shape index (κ3) is 4.27. The van der Waals surface area contributed by atoms with Gasteiger partial charge in [0.2, 0.25) is 0 Å². The lowest BCUT2D eigenvalue weighted by Gasteiger charge is -2.47. The fraction of sp³-hybridized carbons (Fsp3) is 0.636. The molecular formula is C22H31FN8O3. The second kappa shape index (κ2) is 9.34. The summed E-state index contributed by atoms with van der Waals surface area (Å²) >= 11 is 0. The zero-order valence-corrected chi connectivity index (χ0v) is 19.3. The molecule has 3 N–H and O–H groups in total. The minimum atomic E-state index is -0.561. The molecule has 0 aromatic carbocycles. The van der Waals surface area contributed by atoms with Gasteiger partial charge in [0.25, 0.3) is 5.91 Å². The van der Waals surface area contributed by atoms with E-state index in [1.54, 1.807) is 4.90 Å². The van der Waals surface area contributed by atoms with E-state index in [4.69, 9.17) is 10.5 Å². The van der Waals surface area contributed by atoms with Crippen LogP contribution in [-0.4, -0.2) is 105 Å². The van der Waals surface area contributed by atoms with E-state index < -0.39 is 5.82 Å². The highest BCUT2D eigenvalue weighted by Gasteiger charge is 2.42. The van der Waals surface area contributed by atoms with E-state index in [9.17, 15) is 14.0 Å². The van der Waals surface area contributed by atoms with Gasteiger partial charge >= 0.3 is 6.09 Å². The summed E-state index contributed by atoms with van der Waals surface area (Å²) in [6, 6.07) is 0.0238. The average molecular weight is 475 g/mol. The van der Waals surface area contributed by atoms with E-state index in [0.29, 0.717) is 13.2 Å². The molecule has 3 aliphatic heterocycles. The zero-order valence-electron chi connectivity index (χ0n) is 19.3. The minimum Gasteiger partial charge on any atom is -0.447 e. The number of piperidine rings is 1. The van der Waals surface area contributed by atoms with Gasteiger partial charge in [-0.15, -0.1) is 5.10 Å². The lowest BCUT2D eigenvalue weighted by atomic mass is 9.95. The number of halogens is 1. The van der Waals surface area contributed by atoms with Crippen molar-refractivity contribution >= 4 is 23.5 Å². The number of carbonyl (C=O) groups excluding carboxylic acids is 2. The molecule has 2 aromatic rings. The van der Waals surface area contributed by atoms with Crippen molar-refractivity contribution in [1.82, 2.24) is 34.6 Å². The van der Waals surface area contributed by atoms with E-state index in [-0.39, 0.29) is 47.2 Å². The van der Waals surface area contributed by atoms with Crippen LogP contribution >= 0.6 is 0 Å². The SMILES string of the molecule is CCCCN1CCC(N2CCN3C(=O)OCC3C2)C(NC(=O)c2c(N)nn3cc(F)cnc23)C1. The van der Waals surface area contributed by atoms with Gasteiger partial charge in [-0.25, -0.2) is 18.7 Å². The van der Waals surface area contributed by atoms with Gasteiger partial charge in [-0.2, -0.15) is 0 Å². The Labute approximate surface area is 197 Å². The molecule has 11 nitrogen and oxygen atoms in total. The monoisotopic (exact) mass is 474 g/mol. The van der Waals surface area contributed by atoms with Crippen LogP contribution in [0.15, 0.2) is 12.4 Å². The smallest absolute Gasteiger partial charge is 0.410 e. The number of unbranched alkanes of at least 4 members (excludes halogenated alkanes) is 1. The van der Waals surface area contributed by atoms with Crippen molar-refractivity contribution in [1.29, 1.82) is 0 Å². The van der Waals surface area contributed by atoms with Gasteiger partial charge < -0.3 is 20.7 Å². The third-order valence-electron chi connectivity index (χ3n) is 7.12. The van der Waals surface area contributed by atoms with Crippen molar-refractivity contribution in [2.75, 3.05) is 51.6 Å². The first-order chi connectivity index (χ1) is 16.4. The van der Waals surface area contributed by atoms with Gasteiger partial charge in [0.1, 0.15) is 12.2 Å². The third-order valence-corrected chi connectivity index (χ3v) is 7.12. The van der Waals surface area contributed by atoms with Crippen molar-refractivity contribution in [3.8, 4) is 0 Å². The highest BCUT2D eigenvalue weighted by atomic mass is 19.1. The number of fused-ring (bicyclic) bond motifs is 2. The molecule has 184 valence electrons. The molecule has 0 aliphatic carbocycles. The normalized spacial score (nSPS) is 26.0. The van der Waals surface area contributed by atoms with Gasteiger partial charge in [-0.3, -0.25) is 14.6 Å². The van der Waals surface area contributed by atoms with Crippen LogP contribution in [0.4, 0.5) is 15.0 Å². The molecule has 3 saturated heterocycles. The number of aromatic nitrogens is 3. The van der Waals surface area contributed by atoms with Crippen molar-refractivity contribution in [3.05, 3.63) is 23.8 Å². The number of amides is 2. The highest BCUT2D eigenvalue weighted by molar-refractivity contribution is 6.04. The maximum absolute atomic E-state index is 13.6. The first kappa shape index (κ1) is 22.8. The summed E-state index contributed by atoms with van der Waals surface area (Å²) in [7, 11) is 0. The molecule has 3 aliphatic rings. The molecule has 12 heteroatoms. The number of carbonyl (C=O) groups is 2. The van der Waals surface area contributed by atoms with Crippen molar-refractivity contribution < 1.29 is 18.7 Å². The number of piperazine rings is 1. The van der Waals surface area contributed by atoms with Gasteiger partial charge in [0, 0.05) is 32.2 Å². The summed E-state index contributed by atoms with van der Waals surface area (Å²) < 4.78 is 20.0. The molecule has 2 amide bonds. The molecule has 3 fully saturated rings. The fourth-order valence-electron chi connectivity index (χ4n) is 5.37. The molecule has 5 rings (SSSR count). The van der Waals surface area contributed by atoms with Crippen LogP contribution in [0.25, 0.3) is 5.65 Å². The van der Waals surface area contributed by atoms with Gasteiger partial charge in [0.05, 0.1) is 24.5 Å². The summed E-state index contributed by atoms with van der Waals surface area (Å²) in [5, 5.41) is 7.24. The largest absolute Gasteiger partial charge is 0.447 e.